The molecule has 0 radical (unpaired) electrons. The molecule has 19 heavy (non-hydrogen) atoms. The molecule has 1 fully saturated rings. The van der Waals surface area contributed by atoms with Gasteiger partial charge < -0.3 is 15.5 Å². The summed E-state index contributed by atoms with van der Waals surface area (Å²) in [4.78, 5) is 8.59. The number of piperazine rings is 1. The molecule has 2 aromatic rings. The first-order valence-corrected chi connectivity index (χ1v) is 7.06. The van der Waals surface area contributed by atoms with Gasteiger partial charge in [-0.05, 0) is 18.2 Å². The van der Waals surface area contributed by atoms with E-state index in [-0.39, 0.29) is 5.82 Å². The Bertz CT molecular complexity index is 550. The van der Waals surface area contributed by atoms with Crippen LogP contribution in [0.4, 0.5) is 20.9 Å². The molecule has 2 heterocycles. The van der Waals surface area contributed by atoms with Crippen molar-refractivity contribution in [3.05, 3.63) is 35.6 Å². The Morgan fingerprint density at radius 2 is 1.89 bits per heavy atom. The Morgan fingerprint density at radius 3 is 2.53 bits per heavy atom. The Kier molecular flexibility index (Phi) is 3.25. The van der Waals surface area contributed by atoms with Crippen molar-refractivity contribution in [1.29, 1.82) is 0 Å². The van der Waals surface area contributed by atoms with E-state index in [1.165, 1.54) is 6.07 Å². The molecule has 3 rings (SSSR count). The van der Waals surface area contributed by atoms with Gasteiger partial charge in [0.05, 0.1) is 5.69 Å². The first-order valence-electron chi connectivity index (χ1n) is 6.18. The molecule has 4 nitrogen and oxygen atoms in total. The van der Waals surface area contributed by atoms with Gasteiger partial charge in [0, 0.05) is 43.4 Å². The van der Waals surface area contributed by atoms with Gasteiger partial charge in [-0.25, -0.2) is 9.37 Å². The van der Waals surface area contributed by atoms with E-state index >= 15 is 0 Å². The first-order chi connectivity index (χ1) is 9.24. The summed E-state index contributed by atoms with van der Waals surface area (Å²) in [5.41, 5.74) is 6.66. The van der Waals surface area contributed by atoms with Gasteiger partial charge in [0.2, 0.25) is 0 Å². The Hall–Kier alpha value is -1.82. The predicted molar refractivity (Wildman–Crippen MR) is 77.4 cm³/mol. The molecule has 1 aliphatic rings. The predicted octanol–water partition coefficient (Wildman–Crippen LogP) is 2.19. The van der Waals surface area contributed by atoms with Crippen LogP contribution in [0, 0.1) is 5.82 Å². The summed E-state index contributed by atoms with van der Waals surface area (Å²) in [6, 6.07) is 4.87. The number of hydrogen-bond acceptors (Lipinski definition) is 5. The number of halogens is 1. The third-order valence-electron chi connectivity index (χ3n) is 3.28. The normalized spacial score (nSPS) is 15.8. The monoisotopic (exact) mass is 278 g/mol. The number of thiazole rings is 1. The van der Waals surface area contributed by atoms with Gasteiger partial charge in [-0.1, -0.05) is 0 Å². The molecule has 0 unspecified atom stereocenters. The third-order valence-corrected chi connectivity index (χ3v) is 4.11. The van der Waals surface area contributed by atoms with Crippen LogP contribution in [0.25, 0.3) is 0 Å². The molecule has 0 bridgehead atoms. The van der Waals surface area contributed by atoms with Crippen molar-refractivity contribution < 1.29 is 4.39 Å². The van der Waals surface area contributed by atoms with Crippen molar-refractivity contribution in [3.63, 3.8) is 0 Å². The van der Waals surface area contributed by atoms with Gasteiger partial charge in [-0.15, -0.1) is 11.3 Å². The van der Waals surface area contributed by atoms with Crippen LogP contribution in [0.1, 0.15) is 0 Å². The summed E-state index contributed by atoms with van der Waals surface area (Å²) in [5, 5.41) is 3.01. The first kappa shape index (κ1) is 12.2. The van der Waals surface area contributed by atoms with Crippen LogP contribution in [0.2, 0.25) is 0 Å². The standard InChI is InChI=1S/C13H15FN4S/c14-11-9-10(15)1-2-12(11)17-4-6-18(7-5-17)13-16-3-8-19-13/h1-3,8-9H,4-7,15H2. The summed E-state index contributed by atoms with van der Waals surface area (Å²) >= 11 is 1.64. The smallest absolute Gasteiger partial charge is 0.185 e. The Labute approximate surface area is 115 Å². The maximum Gasteiger partial charge on any atom is 0.185 e. The second-order valence-electron chi connectivity index (χ2n) is 4.50. The largest absolute Gasteiger partial charge is 0.399 e. The second kappa shape index (κ2) is 5.05. The number of nitrogens with two attached hydrogens (primary N) is 1. The minimum atomic E-state index is -0.248. The zero-order valence-corrected chi connectivity index (χ0v) is 11.2. The molecule has 1 aliphatic heterocycles. The van der Waals surface area contributed by atoms with Gasteiger partial charge in [0.25, 0.3) is 0 Å². The van der Waals surface area contributed by atoms with Crippen LogP contribution in [0.15, 0.2) is 29.8 Å². The molecular weight excluding hydrogens is 263 g/mol. The fraction of sp³-hybridized carbons (Fsp3) is 0.308. The zero-order chi connectivity index (χ0) is 13.2. The average Bonchev–Trinajstić information content (AvgIpc) is 2.93. The van der Waals surface area contributed by atoms with E-state index in [9.17, 15) is 4.39 Å². The number of hydrogen-bond donors (Lipinski definition) is 1. The fourth-order valence-electron chi connectivity index (χ4n) is 2.29. The minimum absolute atomic E-state index is 0.248. The van der Waals surface area contributed by atoms with Crippen molar-refractivity contribution in [3.8, 4) is 0 Å². The van der Waals surface area contributed by atoms with Crippen molar-refractivity contribution in [2.75, 3.05) is 41.7 Å². The van der Waals surface area contributed by atoms with Crippen molar-refractivity contribution >= 4 is 27.8 Å². The summed E-state index contributed by atoms with van der Waals surface area (Å²) in [6.07, 6.45) is 1.81. The van der Waals surface area contributed by atoms with Crippen LogP contribution < -0.4 is 15.5 Å². The number of aromatic nitrogens is 1. The number of anilines is 3. The van der Waals surface area contributed by atoms with E-state index in [0.29, 0.717) is 11.4 Å². The highest BCUT2D eigenvalue weighted by molar-refractivity contribution is 7.13. The van der Waals surface area contributed by atoms with Gasteiger partial charge in [0.15, 0.2) is 5.13 Å². The molecule has 2 N–H and O–H groups in total. The average molecular weight is 278 g/mol. The highest BCUT2D eigenvalue weighted by Crippen LogP contribution is 2.25. The topological polar surface area (TPSA) is 45.4 Å². The molecule has 100 valence electrons. The number of benzene rings is 1. The lowest BCUT2D eigenvalue weighted by Crippen LogP contribution is -2.46. The van der Waals surface area contributed by atoms with Gasteiger partial charge >= 0.3 is 0 Å². The molecule has 0 amide bonds. The van der Waals surface area contributed by atoms with Gasteiger partial charge in [0.1, 0.15) is 5.82 Å². The van der Waals surface area contributed by atoms with E-state index in [1.54, 1.807) is 23.5 Å². The SMILES string of the molecule is Nc1ccc(N2CCN(c3nccs3)CC2)c(F)c1. The lowest BCUT2D eigenvalue weighted by atomic mass is 10.2. The van der Waals surface area contributed by atoms with Crippen LogP contribution in [-0.4, -0.2) is 31.2 Å². The minimum Gasteiger partial charge on any atom is -0.399 e. The summed E-state index contributed by atoms with van der Waals surface area (Å²) < 4.78 is 13.9. The molecule has 6 heteroatoms. The highest BCUT2D eigenvalue weighted by atomic mass is 32.1. The number of rotatable bonds is 2. The summed E-state index contributed by atoms with van der Waals surface area (Å²) in [5.74, 6) is -0.248. The number of nitrogen functional groups attached to an aromatic ring is 1. The van der Waals surface area contributed by atoms with Crippen molar-refractivity contribution in [1.82, 2.24) is 4.98 Å². The van der Waals surface area contributed by atoms with E-state index in [0.717, 1.165) is 31.3 Å². The van der Waals surface area contributed by atoms with E-state index in [2.05, 4.69) is 14.8 Å². The zero-order valence-electron chi connectivity index (χ0n) is 10.4. The number of nitrogens with zero attached hydrogens (tertiary/aromatic N) is 3. The molecule has 1 aromatic heterocycles. The maximum atomic E-state index is 13.9. The van der Waals surface area contributed by atoms with E-state index < -0.39 is 0 Å². The molecule has 0 saturated carbocycles. The van der Waals surface area contributed by atoms with Gasteiger partial charge in [-0.3, -0.25) is 0 Å². The molecule has 0 aliphatic carbocycles. The molecular formula is C13H15FN4S. The van der Waals surface area contributed by atoms with Crippen LogP contribution in [0.3, 0.4) is 0 Å². The maximum absolute atomic E-state index is 13.9. The van der Waals surface area contributed by atoms with Gasteiger partial charge in [-0.2, -0.15) is 0 Å². The lowest BCUT2D eigenvalue weighted by Gasteiger charge is -2.36. The summed E-state index contributed by atoms with van der Waals surface area (Å²) in [6.45, 7) is 3.30. The van der Waals surface area contributed by atoms with E-state index in [4.69, 9.17) is 5.73 Å². The van der Waals surface area contributed by atoms with Crippen molar-refractivity contribution in [2.24, 2.45) is 0 Å². The highest BCUT2D eigenvalue weighted by Gasteiger charge is 2.20. The second-order valence-corrected chi connectivity index (χ2v) is 5.37. The van der Waals surface area contributed by atoms with Crippen LogP contribution in [0.5, 0.6) is 0 Å². The van der Waals surface area contributed by atoms with Crippen LogP contribution in [-0.2, 0) is 0 Å². The van der Waals surface area contributed by atoms with Crippen LogP contribution >= 0.6 is 11.3 Å². The molecule has 1 aromatic carbocycles. The molecule has 1 saturated heterocycles. The quantitative estimate of drug-likeness (QED) is 0.855. The fourth-order valence-corrected chi connectivity index (χ4v) is 2.99. The third kappa shape index (κ3) is 2.49. The van der Waals surface area contributed by atoms with Crippen molar-refractivity contribution in [2.45, 2.75) is 0 Å². The Morgan fingerprint density at radius 1 is 1.16 bits per heavy atom. The lowest BCUT2D eigenvalue weighted by molar-refractivity contribution is 0.598. The Balaban J connectivity index is 1.70. The summed E-state index contributed by atoms with van der Waals surface area (Å²) in [7, 11) is 0. The van der Waals surface area contributed by atoms with E-state index in [1.807, 2.05) is 11.6 Å². The molecule has 0 spiro atoms. The molecule has 0 atom stereocenters.